The van der Waals surface area contributed by atoms with Gasteiger partial charge in [-0.1, -0.05) is 13.3 Å². The standard InChI is InChI=1S/C22H30N2O6S2/c1-3-18-17-21(11-12-22(18)29-2)31(25,26)23-13-16-30-19-7-9-20(10-8-19)32(27,28)24-14-5-4-6-15-24/h7-12,17,23H,3-6,13-16H2,1-2H3. The fourth-order valence-corrected chi connectivity index (χ4v) is 6.17. The maximum atomic E-state index is 12.7. The van der Waals surface area contributed by atoms with Gasteiger partial charge in [0.15, 0.2) is 0 Å². The van der Waals surface area contributed by atoms with Crippen molar-refractivity contribution in [1.29, 1.82) is 0 Å². The molecule has 0 bridgehead atoms. The molecule has 0 aliphatic carbocycles. The molecule has 0 saturated carbocycles. The number of hydrogen-bond donors (Lipinski definition) is 1. The highest BCUT2D eigenvalue weighted by atomic mass is 32.2. The molecule has 1 aliphatic rings. The van der Waals surface area contributed by atoms with Crippen LogP contribution in [0.15, 0.2) is 52.3 Å². The summed E-state index contributed by atoms with van der Waals surface area (Å²) >= 11 is 0. The molecule has 0 unspecified atom stereocenters. The molecule has 1 fully saturated rings. The second-order valence-electron chi connectivity index (χ2n) is 7.51. The molecule has 32 heavy (non-hydrogen) atoms. The molecule has 10 heteroatoms. The lowest BCUT2D eigenvalue weighted by atomic mass is 10.1. The molecule has 1 heterocycles. The van der Waals surface area contributed by atoms with Crippen LogP contribution in [0, 0.1) is 0 Å². The van der Waals surface area contributed by atoms with E-state index in [-0.39, 0.29) is 22.9 Å². The van der Waals surface area contributed by atoms with E-state index in [4.69, 9.17) is 9.47 Å². The van der Waals surface area contributed by atoms with Crippen LogP contribution in [0.5, 0.6) is 11.5 Å². The van der Waals surface area contributed by atoms with Gasteiger partial charge in [-0.15, -0.1) is 0 Å². The molecule has 176 valence electrons. The number of nitrogens with one attached hydrogen (secondary N) is 1. The lowest BCUT2D eigenvalue weighted by Gasteiger charge is -2.25. The number of methoxy groups -OCH3 is 1. The fraction of sp³-hybridized carbons (Fsp3) is 0.455. The summed E-state index contributed by atoms with van der Waals surface area (Å²) in [5, 5.41) is 0. The largest absolute Gasteiger partial charge is 0.496 e. The van der Waals surface area contributed by atoms with Crippen molar-refractivity contribution in [3.05, 3.63) is 48.0 Å². The first-order valence-electron chi connectivity index (χ1n) is 10.7. The predicted molar refractivity (Wildman–Crippen MR) is 122 cm³/mol. The van der Waals surface area contributed by atoms with Crippen molar-refractivity contribution >= 4 is 20.0 Å². The van der Waals surface area contributed by atoms with Crippen LogP contribution < -0.4 is 14.2 Å². The number of nitrogens with zero attached hydrogens (tertiary/aromatic N) is 1. The van der Waals surface area contributed by atoms with Crippen molar-refractivity contribution in [2.24, 2.45) is 0 Å². The second kappa shape index (κ2) is 10.7. The molecular formula is C22H30N2O6S2. The van der Waals surface area contributed by atoms with E-state index < -0.39 is 20.0 Å². The summed E-state index contributed by atoms with van der Waals surface area (Å²) < 4.78 is 65.3. The van der Waals surface area contributed by atoms with Crippen LogP contribution >= 0.6 is 0 Å². The Balaban J connectivity index is 1.54. The number of benzene rings is 2. The van der Waals surface area contributed by atoms with Gasteiger partial charge in [0.2, 0.25) is 20.0 Å². The van der Waals surface area contributed by atoms with E-state index in [0.717, 1.165) is 24.8 Å². The Morgan fingerprint density at radius 3 is 2.22 bits per heavy atom. The second-order valence-corrected chi connectivity index (χ2v) is 11.2. The zero-order chi connectivity index (χ0) is 23.2. The SMILES string of the molecule is CCc1cc(S(=O)(=O)NCCOc2ccc(S(=O)(=O)N3CCCCC3)cc2)ccc1OC. The fourth-order valence-electron chi connectivity index (χ4n) is 3.59. The van der Waals surface area contributed by atoms with Crippen molar-refractivity contribution < 1.29 is 26.3 Å². The predicted octanol–water partition coefficient (Wildman–Crippen LogP) is 2.79. The molecule has 2 aromatic carbocycles. The van der Waals surface area contributed by atoms with Crippen LogP contribution in [0.2, 0.25) is 0 Å². The molecule has 8 nitrogen and oxygen atoms in total. The molecule has 1 saturated heterocycles. The highest BCUT2D eigenvalue weighted by Gasteiger charge is 2.25. The minimum Gasteiger partial charge on any atom is -0.496 e. The Kier molecular flexibility index (Phi) is 8.16. The third kappa shape index (κ3) is 5.80. The van der Waals surface area contributed by atoms with Gasteiger partial charge in [0.25, 0.3) is 0 Å². The highest BCUT2D eigenvalue weighted by Crippen LogP contribution is 2.24. The van der Waals surface area contributed by atoms with Crippen molar-refractivity contribution in [2.45, 2.75) is 42.4 Å². The molecule has 1 aliphatic heterocycles. The lowest BCUT2D eigenvalue weighted by Crippen LogP contribution is -2.35. The summed E-state index contributed by atoms with van der Waals surface area (Å²) in [6, 6.07) is 11.0. The zero-order valence-corrected chi connectivity index (χ0v) is 20.0. The summed E-state index contributed by atoms with van der Waals surface area (Å²) in [5.74, 6) is 1.13. The third-order valence-electron chi connectivity index (χ3n) is 5.38. The quantitative estimate of drug-likeness (QED) is 0.523. The highest BCUT2D eigenvalue weighted by molar-refractivity contribution is 7.89. The van der Waals surface area contributed by atoms with E-state index in [9.17, 15) is 16.8 Å². The summed E-state index contributed by atoms with van der Waals surface area (Å²) in [6.07, 6.45) is 3.47. The molecular weight excluding hydrogens is 452 g/mol. The van der Waals surface area contributed by atoms with Crippen LogP contribution in [0.4, 0.5) is 0 Å². The minimum absolute atomic E-state index is 0.0731. The van der Waals surface area contributed by atoms with Crippen LogP contribution in [0.3, 0.4) is 0 Å². The van der Waals surface area contributed by atoms with Crippen LogP contribution in [-0.2, 0) is 26.5 Å². The van der Waals surface area contributed by atoms with Crippen molar-refractivity contribution in [3.63, 3.8) is 0 Å². The molecule has 0 radical (unpaired) electrons. The molecule has 0 atom stereocenters. The van der Waals surface area contributed by atoms with Gasteiger partial charge in [0.05, 0.1) is 16.9 Å². The van der Waals surface area contributed by atoms with E-state index in [1.807, 2.05) is 6.92 Å². The van der Waals surface area contributed by atoms with E-state index in [0.29, 0.717) is 31.0 Å². The van der Waals surface area contributed by atoms with E-state index in [2.05, 4.69) is 4.72 Å². The summed E-state index contributed by atoms with van der Waals surface area (Å²) in [6.45, 7) is 3.21. The topological polar surface area (TPSA) is 102 Å². The number of ether oxygens (including phenoxy) is 2. The average molecular weight is 483 g/mol. The van der Waals surface area contributed by atoms with Crippen LogP contribution in [-0.4, -0.2) is 54.5 Å². The van der Waals surface area contributed by atoms with Gasteiger partial charge < -0.3 is 9.47 Å². The molecule has 3 rings (SSSR count). The summed E-state index contributed by atoms with van der Waals surface area (Å²) in [4.78, 5) is 0.404. The maximum absolute atomic E-state index is 12.7. The molecule has 2 aromatic rings. The first kappa shape index (κ1) is 24.5. The molecule has 0 amide bonds. The maximum Gasteiger partial charge on any atom is 0.243 e. The monoisotopic (exact) mass is 482 g/mol. The smallest absolute Gasteiger partial charge is 0.243 e. The lowest BCUT2D eigenvalue weighted by molar-refractivity contribution is 0.322. The van der Waals surface area contributed by atoms with Gasteiger partial charge in [-0.05, 0) is 67.3 Å². The Bertz CT molecular complexity index is 1110. The minimum atomic E-state index is -3.68. The first-order chi connectivity index (χ1) is 15.3. The van der Waals surface area contributed by atoms with Gasteiger partial charge >= 0.3 is 0 Å². The summed E-state index contributed by atoms with van der Waals surface area (Å²) in [5.41, 5.74) is 0.811. The van der Waals surface area contributed by atoms with Gasteiger partial charge in [-0.3, -0.25) is 0 Å². The van der Waals surface area contributed by atoms with Crippen molar-refractivity contribution in [2.75, 3.05) is 33.4 Å². The Morgan fingerprint density at radius 2 is 1.59 bits per heavy atom. The Morgan fingerprint density at radius 1 is 0.938 bits per heavy atom. The van der Waals surface area contributed by atoms with E-state index in [1.165, 1.54) is 22.5 Å². The number of aryl methyl sites for hydroxylation is 1. The Labute approximate surface area is 190 Å². The third-order valence-corrected chi connectivity index (χ3v) is 8.75. The first-order valence-corrected chi connectivity index (χ1v) is 13.6. The number of hydrogen-bond acceptors (Lipinski definition) is 6. The van der Waals surface area contributed by atoms with Crippen LogP contribution in [0.1, 0.15) is 31.7 Å². The van der Waals surface area contributed by atoms with Crippen LogP contribution in [0.25, 0.3) is 0 Å². The van der Waals surface area contributed by atoms with Gasteiger partial charge in [0.1, 0.15) is 18.1 Å². The Hall–Kier alpha value is -2.14. The van der Waals surface area contributed by atoms with E-state index in [1.54, 1.807) is 31.4 Å². The molecule has 0 spiro atoms. The van der Waals surface area contributed by atoms with Gasteiger partial charge in [0, 0.05) is 19.6 Å². The van der Waals surface area contributed by atoms with Gasteiger partial charge in [-0.25, -0.2) is 21.6 Å². The van der Waals surface area contributed by atoms with Gasteiger partial charge in [-0.2, -0.15) is 4.31 Å². The van der Waals surface area contributed by atoms with Crippen molar-refractivity contribution in [1.82, 2.24) is 9.03 Å². The normalized spacial score (nSPS) is 15.4. The average Bonchev–Trinajstić information content (AvgIpc) is 2.82. The number of sulfonamides is 2. The molecule has 0 aromatic heterocycles. The number of rotatable bonds is 10. The summed E-state index contributed by atoms with van der Waals surface area (Å²) in [7, 11) is -5.62. The van der Waals surface area contributed by atoms with E-state index >= 15 is 0 Å². The number of piperidine rings is 1. The zero-order valence-electron chi connectivity index (χ0n) is 18.4. The van der Waals surface area contributed by atoms with Crippen molar-refractivity contribution in [3.8, 4) is 11.5 Å². The molecule has 1 N–H and O–H groups in total.